The SMILES string of the molecule is CCN(CC)S(=O)(=O)N(C)CC1(O)CCOCC1. The predicted molar refractivity (Wildman–Crippen MR) is 69.5 cm³/mol. The van der Waals surface area contributed by atoms with E-state index in [9.17, 15) is 13.5 Å². The molecule has 1 fully saturated rings. The Labute approximate surface area is 110 Å². The maximum absolute atomic E-state index is 12.2. The molecule has 1 rings (SSSR count). The first-order chi connectivity index (χ1) is 8.35. The maximum atomic E-state index is 12.2. The largest absolute Gasteiger partial charge is 0.388 e. The van der Waals surface area contributed by atoms with E-state index in [-0.39, 0.29) is 6.54 Å². The van der Waals surface area contributed by atoms with Gasteiger partial charge in [0.15, 0.2) is 0 Å². The molecular weight excluding hydrogens is 256 g/mol. The molecule has 108 valence electrons. The van der Waals surface area contributed by atoms with Gasteiger partial charge in [0.2, 0.25) is 0 Å². The topological polar surface area (TPSA) is 70.1 Å². The highest BCUT2D eigenvalue weighted by Crippen LogP contribution is 2.22. The second-order valence-corrected chi connectivity index (χ2v) is 6.72. The van der Waals surface area contributed by atoms with E-state index in [2.05, 4.69) is 0 Å². The van der Waals surface area contributed by atoms with Gasteiger partial charge in [-0.2, -0.15) is 17.0 Å². The number of likely N-dealkylation sites (N-methyl/N-ethyl adjacent to an activating group) is 1. The van der Waals surface area contributed by atoms with Crippen LogP contribution in [0.25, 0.3) is 0 Å². The predicted octanol–water partition coefficient (Wildman–Crippen LogP) is 0.0463. The molecule has 1 N–H and O–H groups in total. The minimum absolute atomic E-state index is 0.120. The van der Waals surface area contributed by atoms with E-state index >= 15 is 0 Å². The van der Waals surface area contributed by atoms with E-state index < -0.39 is 15.8 Å². The number of aliphatic hydroxyl groups is 1. The van der Waals surface area contributed by atoms with Crippen LogP contribution >= 0.6 is 0 Å². The van der Waals surface area contributed by atoms with Crippen LogP contribution in [0.3, 0.4) is 0 Å². The molecule has 0 aromatic rings. The molecule has 0 aromatic heterocycles. The zero-order chi connectivity index (χ0) is 13.8. The van der Waals surface area contributed by atoms with Crippen molar-refractivity contribution >= 4 is 10.2 Å². The average Bonchev–Trinajstić information content (AvgIpc) is 2.30. The fourth-order valence-electron chi connectivity index (χ4n) is 2.15. The van der Waals surface area contributed by atoms with Crippen molar-refractivity contribution in [2.45, 2.75) is 32.3 Å². The van der Waals surface area contributed by atoms with Gasteiger partial charge in [0, 0.05) is 52.7 Å². The molecular formula is C11H24N2O4S. The van der Waals surface area contributed by atoms with E-state index in [0.29, 0.717) is 39.1 Å². The minimum atomic E-state index is -3.47. The highest BCUT2D eigenvalue weighted by molar-refractivity contribution is 7.86. The van der Waals surface area contributed by atoms with Gasteiger partial charge in [-0.3, -0.25) is 0 Å². The molecule has 0 saturated carbocycles. The van der Waals surface area contributed by atoms with Gasteiger partial charge in [-0.05, 0) is 0 Å². The number of hydrogen-bond acceptors (Lipinski definition) is 4. The van der Waals surface area contributed by atoms with Gasteiger partial charge in [0.05, 0.1) is 5.60 Å². The Kier molecular flexibility index (Phi) is 5.54. The van der Waals surface area contributed by atoms with Crippen molar-refractivity contribution in [3.63, 3.8) is 0 Å². The fraction of sp³-hybridized carbons (Fsp3) is 1.00. The Bertz CT molecular complexity index is 348. The normalized spacial score (nSPS) is 20.6. The first kappa shape index (κ1) is 15.8. The van der Waals surface area contributed by atoms with Crippen LogP contribution in [0.4, 0.5) is 0 Å². The zero-order valence-electron chi connectivity index (χ0n) is 11.4. The van der Waals surface area contributed by atoms with Gasteiger partial charge < -0.3 is 9.84 Å². The summed E-state index contributed by atoms with van der Waals surface area (Å²) in [4.78, 5) is 0. The van der Waals surface area contributed by atoms with Crippen LogP contribution < -0.4 is 0 Å². The lowest BCUT2D eigenvalue weighted by atomic mass is 9.95. The summed E-state index contributed by atoms with van der Waals surface area (Å²) in [5.41, 5.74) is -0.965. The lowest BCUT2D eigenvalue weighted by molar-refractivity contribution is -0.0693. The molecule has 7 heteroatoms. The number of hydrogen-bond donors (Lipinski definition) is 1. The lowest BCUT2D eigenvalue weighted by Crippen LogP contribution is -2.50. The van der Waals surface area contributed by atoms with Crippen molar-refractivity contribution in [3.05, 3.63) is 0 Å². The molecule has 0 aromatic carbocycles. The summed E-state index contributed by atoms with van der Waals surface area (Å²) in [6, 6.07) is 0. The van der Waals surface area contributed by atoms with Crippen molar-refractivity contribution in [3.8, 4) is 0 Å². The number of rotatable bonds is 6. The van der Waals surface area contributed by atoms with Crippen molar-refractivity contribution in [2.75, 3.05) is 39.9 Å². The molecule has 0 unspecified atom stereocenters. The van der Waals surface area contributed by atoms with Crippen LogP contribution in [0.15, 0.2) is 0 Å². The van der Waals surface area contributed by atoms with Crippen LogP contribution in [0.2, 0.25) is 0 Å². The standard InChI is InChI=1S/C11H24N2O4S/c1-4-13(5-2)18(15,16)12(3)10-11(14)6-8-17-9-7-11/h14H,4-10H2,1-3H3. The third-order valence-electron chi connectivity index (χ3n) is 3.37. The van der Waals surface area contributed by atoms with Gasteiger partial charge in [-0.1, -0.05) is 13.8 Å². The summed E-state index contributed by atoms with van der Waals surface area (Å²) >= 11 is 0. The van der Waals surface area contributed by atoms with Crippen molar-refractivity contribution in [2.24, 2.45) is 0 Å². The third-order valence-corrected chi connectivity index (χ3v) is 5.45. The monoisotopic (exact) mass is 280 g/mol. The van der Waals surface area contributed by atoms with Crippen molar-refractivity contribution in [1.29, 1.82) is 0 Å². The highest BCUT2D eigenvalue weighted by atomic mass is 32.2. The van der Waals surface area contributed by atoms with Crippen LogP contribution in [-0.2, 0) is 14.9 Å². The van der Waals surface area contributed by atoms with Gasteiger partial charge in [-0.25, -0.2) is 0 Å². The van der Waals surface area contributed by atoms with Crippen LogP contribution in [0, 0.1) is 0 Å². The average molecular weight is 280 g/mol. The molecule has 1 aliphatic heterocycles. The minimum Gasteiger partial charge on any atom is -0.388 e. The highest BCUT2D eigenvalue weighted by Gasteiger charge is 2.35. The maximum Gasteiger partial charge on any atom is 0.281 e. The van der Waals surface area contributed by atoms with E-state index in [4.69, 9.17) is 4.74 Å². The van der Waals surface area contributed by atoms with Gasteiger partial charge >= 0.3 is 0 Å². The summed E-state index contributed by atoms with van der Waals surface area (Å²) in [5, 5.41) is 10.3. The van der Waals surface area contributed by atoms with Crippen molar-refractivity contribution in [1.82, 2.24) is 8.61 Å². The molecule has 1 saturated heterocycles. The zero-order valence-corrected chi connectivity index (χ0v) is 12.2. The fourth-order valence-corrected chi connectivity index (χ4v) is 3.60. The molecule has 0 atom stereocenters. The Morgan fingerprint density at radius 1 is 1.22 bits per heavy atom. The number of ether oxygens (including phenoxy) is 1. The Morgan fingerprint density at radius 2 is 1.72 bits per heavy atom. The summed E-state index contributed by atoms with van der Waals surface area (Å²) in [7, 11) is -1.96. The van der Waals surface area contributed by atoms with E-state index in [1.807, 2.05) is 0 Å². The van der Waals surface area contributed by atoms with E-state index in [0.717, 1.165) is 0 Å². The second kappa shape index (κ2) is 6.29. The Balaban J connectivity index is 2.71. The molecule has 1 heterocycles. The van der Waals surface area contributed by atoms with Crippen molar-refractivity contribution < 1.29 is 18.3 Å². The Hall–Kier alpha value is -0.210. The van der Waals surface area contributed by atoms with Gasteiger partial charge in [-0.15, -0.1) is 0 Å². The van der Waals surface area contributed by atoms with Gasteiger partial charge in [0.25, 0.3) is 10.2 Å². The molecule has 0 radical (unpaired) electrons. The number of nitrogens with zero attached hydrogens (tertiary/aromatic N) is 2. The van der Waals surface area contributed by atoms with E-state index in [1.165, 1.54) is 15.7 Å². The summed E-state index contributed by atoms with van der Waals surface area (Å²) < 4.78 is 32.2. The summed E-state index contributed by atoms with van der Waals surface area (Å²) in [6.45, 7) is 5.56. The quantitative estimate of drug-likeness (QED) is 0.746. The molecule has 6 nitrogen and oxygen atoms in total. The first-order valence-electron chi connectivity index (χ1n) is 6.37. The van der Waals surface area contributed by atoms with Gasteiger partial charge in [0.1, 0.15) is 0 Å². The molecule has 18 heavy (non-hydrogen) atoms. The van der Waals surface area contributed by atoms with E-state index in [1.54, 1.807) is 13.8 Å². The summed E-state index contributed by atoms with van der Waals surface area (Å²) in [6.07, 6.45) is 0.955. The Morgan fingerprint density at radius 3 is 2.17 bits per heavy atom. The summed E-state index contributed by atoms with van der Waals surface area (Å²) in [5.74, 6) is 0. The smallest absolute Gasteiger partial charge is 0.281 e. The molecule has 0 spiro atoms. The van der Waals surface area contributed by atoms with Crippen LogP contribution in [-0.4, -0.2) is 67.6 Å². The lowest BCUT2D eigenvalue weighted by Gasteiger charge is -2.36. The molecule has 0 amide bonds. The third kappa shape index (κ3) is 3.64. The molecule has 0 bridgehead atoms. The van der Waals surface area contributed by atoms with Crippen LogP contribution in [0.5, 0.6) is 0 Å². The molecule has 0 aliphatic carbocycles. The molecule has 1 aliphatic rings. The second-order valence-electron chi connectivity index (χ2n) is 4.68. The first-order valence-corrected chi connectivity index (χ1v) is 7.77. The van der Waals surface area contributed by atoms with Crippen LogP contribution in [0.1, 0.15) is 26.7 Å².